The third-order valence-electron chi connectivity index (χ3n) is 6.26. The summed E-state index contributed by atoms with van der Waals surface area (Å²) >= 11 is 0. The number of carbonyl (C=O) groups excluding carboxylic acids is 2. The van der Waals surface area contributed by atoms with Gasteiger partial charge in [-0.2, -0.15) is 0 Å². The SMILES string of the molecule is CN(C)C(=O)N1CCC(C(=O)N2CCC(n3c(=O)[nH]c4ccccc43)CC2)CC1. The highest BCUT2D eigenvalue weighted by atomic mass is 16.2. The summed E-state index contributed by atoms with van der Waals surface area (Å²) in [5, 5.41) is 0. The first-order valence-electron chi connectivity index (χ1n) is 10.4. The Labute approximate surface area is 170 Å². The number of amides is 3. The first kappa shape index (κ1) is 19.5. The van der Waals surface area contributed by atoms with Crippen molar-refractivity contribution in [2.24, 2.45) is 5.92 Å². The number of piperidine rings is 2. The fraction of sp³-hybridized carbons (Fsp3) is 0.571. The number of aromatic nitrogens is 2. The predicted octanol–water partition coefficient (Wildman–Crippen LogP) is 1.89. The van der Waals surface area contributed by atoms with E-state index in [1.165, 1.54) is 0 Å². The smallest absolute Gasteiger partial charge is 0.326 e. The molecular formula is C21H29N5O3. The van der Waals surface area contributed by atoms with Crippen molar-refractivity contribution in [3.63, 3.8) is 0 Å². The highest BCUT2D eigenvalue weighted by molar-refractivity contribution is 5.80. The van der Waals surface area contributed by atoms with E-state index in [9.17, 15) is 14.4 Å². The van der Waals surface area contributed by atoms with Crippen LogP contribution in [0.1, 0.15) is 31.7 Å². The second kappa shape index (κ2) is 7.93. The molecule has 1 aromatic carbocycles. The molecule has 1 N–H and O–H groups in total. The molecular weight excluding hydrogens is 370 g/mol. The summed E-state index contributed by atoms with van der Waals surface area (Å²) in [6, 6.07) is 7.87. The fourth-order valence-electron chi connectivity index (χ4n) is 4.64. The van der Waals surface area contributed by atoms with Crippen LogP contribution in [0.15, 0.2) is 29.1 Å². The van der Waals surface area contributed by atoms with Crippen molar-refractivity contribution in [3.05, 3.63) is 34.7 Å². The number of nitrogens with zero attached hydrogens (tertiary/aromatic N) is 4. The van der Waals surface area contributed by atoms with Gasteiger partial charge in [-0.3, -0.25) is 9.36 Å². The van der Waals surface area contributed by atoms with Crippen molar-refractivity contribution in [1.82, 2.24) is 24.3 Å². The minimum Gasteiger partial charge on any atom is -0.342 e. The zero-order valence-electron chi connectivity index (χ0n) is 17.1. The van der Waals surface area contributed by atoms with Crippen molar-refractivity contribution in [2.45, 2.75) is 31.7 Å². The van der Waals surface area contributed by atoms with Crippen LogP contribution in [0.5, 0.6) is 0 Å². The maximum absolute atomic E-state index is 13.0. The molecule has 0 spiro atoms. The number of rotatable bonds is 2. The minimum absolute atomic E-state index is 0.00595. The summed E-state index contributed by atoms with van der Waals surface area (Å²) in [4.78, 5) is 45.7. The molecule has 2 aromatic rings. The standard InChI is InChI=1S/C21H29N5O3/c1-23(2)21(29)25-11-7-15(8-12-25)19(27)24-13-9-16(10-14-24)26-18-6-4-3-5-17(18)22-20(26)28/h3-6,15-16H,7-14H2,1-2H3,(H,22,28). The fourth-order valence-corrected chi connectivity index (χ4v) is 4.64. The van der Waals surface area contributed by atoms with Crippen LogP contribution in [-0.4, -0.2) is 76.5 Å². The van der Waals surface area contributed by atoms with Crippen LogP contribution in [0.25, 0.3) is 11.0 Å². The normalized spacial score (nSPS) is 19.0. The number of imidazole rings is 1. The van der Waals surface area contributed by atoms with E-state index in [0.717, 1.165) is 36.7 Å². The van der Waals surface area contributed by atoms with Crippen molar-refractivity contribution < 1.29 is 9.59 Å². The van der Waals surface area contributed by atoms with Crippen LogP contribution in [0.3, 0.4) is 0 Å². The van der Waals surface area contributed by atoms with E-state index >= 15 is 0 Å². The number of likely N-dealkylation sites (tertiary alicyclic amines) is 2. The number of H-pyrrole nitrogens is 1. The lowest BCUT2D eigenvalue weighted by atomic mass is 9.94. The minimum atomic E-state index is -0.0751. The molecule has 156 valence electrons. The van der Waals surface area contributed by atoms with Gasteiger partial charge in [0.25, 0.3) is 0 Å². The molecule has 0 bridgehead atoms. The van der Waals surface area contributed by atoms with E-state index in [0.29, 0.717) is 26.2 Å². The van der Waals surface area contributed by atoms with Gasteiger partial charge in [0.05, 0.1) is 11.0 Å². The highest BCUT2D eigenvalue weighted by Crippen LogP contribution is 2.27. The largest absolute Gasteiger partial charge is 0.342 e. The van der Waals surface area contributed by atoms with Gasteiger partial charge in [0.15, 0.2) is 0 Å². The Balaban J connectivity index is 1.35. The Bertz CT molecular complexity index is 947. The number of benzene rings is 1. The number of aromatic amines is 1. The average Bonchev–Trinajstić information content (AvgIpc) is 3.08. The van der Waals surface area contributed by atoms with Gasteiger partial charge in [0, 0.05) is 52.2 Å². The molecule has 8 heteroatoms. The van der Waals surface area contributed by atoms with E-state index in [1.54, 1.807) is 19.0 Å². The monoisotopic (exact) mass is 399 g/mol. The Morgan fingerprint density at radius 2 is 1.59 bits per heavy atom. The lowest BCUT2D eigenvalue weighted by Crippen LogP contribution is -2.48. The third-order valence-corrected chi connectivity index (χ3v) is 6.26. The molecule has 1 aromatic heterocycles. The molecule has 0 saturated carbocycles. The number of nitrogens with one attached hydrogen (secondary N) is 1. The maximum Gasteiger partial charge on any atom is 0.326 e. The second-order valence-corrected chi connectivity index (χ2v) is 8.31. The summed E-state index contributed by atoms with van der Waals surface area (Å²) in [6.07, 6.45) is 3.01. The number of hydrogen-bond donors (Lipinski definition) is 1. The van der Waals surface area contributed by atoms with Gasteiger partial charge in [0.1, 0.15) is 0 Å². The van der Waals surface area contributed by atoms with E-state index in [-0.39, 0.29) is 29.6 Å². The Hall–Kier alpha value is -2.77. The number of hydrogen-bond acceptors (Lipinski definition) is 3. The molecule has 0 radical (unpaired) electrons. The van der Waals surface area contributed by atoms with Crippen LogP contribution in [0.2, 0.25) is 0 Å². The summed E-state index contributed by atoms with van der Waals surface area (Å²) in [6.45, 7) is 2.61. The van der Waals surface area contributed by atoms with Gasteiger partial charge >= 0.3 is 11.7 Å². The molecule has 3 amide bonds. The molecule has 0 unspecified atom stereocenters. The summed E-state index contributed by atoms with van der Waals surface area (Å²) in [7, 11) is 3.51. The van der Waals surface area contributed by atoms with Crippen LogP contribution in [0, 0.1) is 5.92 Å². The Morgan fingerprint density at radius 1 is 0.966 bits per heavy atom. The van der Waals surface area contributed by atoms with E-state index in [4.69, 9.17) is 0 Å². The van der Waals surface area contributed by atoms with Crippen molar-refractivity contribution in [1.29, 1.82) is 0 Å². The van der Waals surface area contributed by atoms with Crippen molar-refractivity contribution in [3.8, 4) is 0 Å². The highest BCUT2D eigenvalue weighted by Gasteiger charge is 2.33. The number of urea groups is 1. The summed E-state index contributed by atoms with van der Waals surface area (Å²) < 4.78 is 1.85. The predicted molar refractivity (Wildman–Crippen MR) is 111 cm³/mol. The summed E-state index contributed by atoms with van der Waals surface area (Å²) in [5.41, 5.74) is 1.71. The molecule has 0 aliphatic carbocycles. The van der Waals surface area contributed by atoms with E-state index in [1.807, 2.05) is 38.6 Å². The van der Waals surface area contributed by atoms with Gasteiger partial charge < -0.3 is 19.7 Å². The molecule has 8 nitrogen and oxygen atoms in total. The topological polar surface area (TPSA) is 81.7 Å². The molecule has 0 atom stereocenters. The first-order chi connectivity index (χ1) is 14.0. The molecule has 2 aliphatic heterocycles. The van der Waals surface area contributed by atoms with Crippen LogP contribution >= 0.6 is 0 Å². The van der Waals surface area contributed by atoms with E-state index < -0.39 is 0 Å². The maximum atomic E-state index is 13.0. The van der Waals surface area contributed by atoms with Gasteiger partial charge in [0.2, 0.25) is 5.91 Å². The lowest BCUT2D eigenvalue weighted by molar-refractivity contribution is -0.138. The van der Waals surface area contributed by atoms with Gasteiger partial charge in [-0.05, 0) is 37.8 Å². The molecule has 2 aliphatic rings. The zero-order chi connectivity index (χ0) is 20.5. The lowest BCUT2D eigenvalue weighted by Gasteiger charge is -2.38. The van der Waals surface area contributed by atoms with Crippen LogP contribution < -0.4 is 5.69 Å². The Kier molecular flexibility index (Phi) is 5.34. The van der Waals surface area contributed by atoms with Crippen molar-refractivity contribution in [2.75, 3.05) is 40.3 Å². The van der Waals surface area contributed by atoms with Gasteiger partial charge in [-0.1, -0.05) is 12.1 Å². The third kappa shape index (κ3) is 3.75. The number of fused-ring (bicyclic) bond motifs is 1. The van der Waals surface area contributed by atoms with Crippen molar-refractivity contribution >= 4 is 23.0 Å². The molecule has 29 heavy (non-hydrogen) atoms. The summed E-state index contributed by atoms with van der Waals surface area (Å²) in [5.74, 6) is 0.195. The van der Waals surface area contributed by atoms with Crippen LogP contribution in [0.4, 0.5) is 4.79 Å². The molecule has 3 heterocycles. The average molecular weight is 399 g/mol. The zero-order valence-corrected chi connectivity index (χ0v) is 17.1. The number of carbonyl (C=O) groups is 2. The molecule has 2 saturated heterocycles. The van der Waals surface area contributed by atoms with Crippen LogP contribution in [-0.2, 0) is 4.79 Å². The molecule has 2 fully saturated rings. The Morgan fingerprint density at radius 3 is 2.24 bits per heavy atom. The molecule has 4 rings (SSSR count). The van der Waals surface area contributed by atoms with E-state index in [2.05, 4.69) is 4.98 Å². The first-order valence-corrected chi connectivity index (χ1v) is 10.4. The second-order valence-electron chi connectivity index (χ2n) is 8.31. The van der Waals surface area contributed by atoms with Gasteiger partial charge in [-0.25, -0.2) is 9.59 Å². The van der Waals surface area contributed by atoms with Gasteiger partial charge in [-0.15, -0.1) is 0 Å². The quantitative estimate of drug-likeness (QED) is 0.837. The number of para-hydroxylation sites is 2.